The zero-order valence-corrected chi connectivity index (χ0v) is 15.8. The fourth-order valence-electron chi connectivity index (χ4n) is 2.42. The molecule has 0 aliphatic rings. The number of alkyl carbamates (subject to hydrolysis) is 1. The van der Waals surface area contributed by atoms with Crippen LogP contribution in [0.25, 0.3) is 0 Å². The molecule has 0 aliphatic heterocycles. The molecular formula is C21H23NO6. The topological polar surface area (TPSA) is 102 Å². The lowest BCUT2D eigenvalue weighted by atomic mass is 10.1. The Morgan fingerprint density at radius 2 is 1.61 bits per heavy atom. The Labute approximate surface area is 163 Å². The molecule has 7 nitrogen and oxygen atoms in total. The molecule has 2 rings (SSSR count). The van der Waals surface area contributed by atoms with Gasteiger partial charge in [0.15, 0.2) is 0 Å². The van der Waals surface area contributed by atoms with Gasteiger partial charge >= 0.3 is 18.0 Å². The molecule has 148 valence electrons. The SMILES string of the molecule is CC(C)[C@H](NC(=O)OCc1ccccc1)C(=O)Oc1ccc(CC(=O)O)cc1. The first kappa shape index (κ1) is 21.0. The van der Waals surface area contributed by atoms with E-state index in [1.54, 1.807) is 26.0 Å². The Bertz CT molecular complexity index is 801. The summed E-state index contributed by atoms with van der Waals surface area (Å²) in [6.45, 7) is 3.65. The van der Waals surface area contributed by atoms with Crippen molar-refractivity contribution in [2.75, 3.05) is 0 Å². The average molecular weight is 385 g/mol. The highest BCUT2D eigenvalue weighted by molar-refractivity contribution is 5.83. The molecule has 1 atom stereocenters. The number of esters is 1. The van der Waals surface area contributed by atoms with Gasteiger partial charge in [0, 0.05) is 0 Å². The van der Waals surface area contributed by atoms with E-state index in [0.717, 1.165) is 5.56 Å². The molecule has 1 amide bonds. The maximum atomic E-state index is 12.4. The number of carboxylic acids is 1. The number of carboxylic acid groups (broad SMARTS) is 1. The fraction of sp³-hybridized carbons (Fsp3) is 0.286. The fourth-order valence-corrected chi connectivity index (χ4v) is 2.42. The Hall–Kier alpha value is -3.35. The molecule has 2 aromatic carbocycles. The van der Waals surface area contributed by atoms with Crippen LogP contribution in [0.15, 0.2) is 54.6 Å². The van der Waals surface area contributed by atoms with Crippen molar-refractivity contribution in [3.63, 3.8) is 0 Å². The highest BCUT2D eigenvalue weighted by Crippen LogP contribution is 2.15. The predicted molar refractivity (Wildman–Crippen MR) is 102 cm³/mol. The van der Waals surface area contributed by atoms with E-state index in [1.807, 2.05) is 30.3 Å². The molecule has 0 aliphatic carbocycles. The van der Waals surface area contributed by atoms with Gasteiger partial charge in [0.2, 0.25) is 0 Å². The molecule has 0 aromatic heterocycles. The van der Waals surface area contributed by atoms with E-state index in [9.17, 15) is 14.4 Å². The smallest absolute Gasteiger partial charge is 0.408 e. The standard InChI is InChI=1S/C21H23NO6/c1-14(2)19(22-21(26)27-13-16-6-4-3-5-7-16)20(25)28-17-10-8-15(9-11-17)12-18(23)24/h3-11,14,19H,12-13H2,1-2H3,(H,22,26)(H,23,24)/t19-/m0/s1. The summed E-state index contributed by atoms with van der Waals surface area (Å²) in [4.78, 5) is 35.2. The van der Waals surface area contributed by atoms with E-state index in [-0.39, 0.29) is 24.7 Å². The van der Waals surface area contributed by atoms with Crippen LogP contribution < -0.4 is 10.1 Å². The molecule has 0 spiro atoms. The number of amides is 1. The van der Waals surface area contributed by atoms with Gasteiger partial charge < -0.3 is 19.9 Å². The van der Waals surface area contributed by atoms with E-state index in [2.05, 4.69) is 5.32 Å². The third kappa shape index (κ3) is 6.75. The molecule has 7 heteroatoms. The van der Waals surface area contributed by atoms with Crippen LogP contribution in [-0.2, 0) is 27.4 Å². The lowest BCUT2D eigenvalue weighted by Crippen LogP contribution is -2.46. The van der Waals surface area contributed by atoms with Gasteiger partial charge in [-0.15, -0.1) is 0 Å². The maximum Gasteiger partial charge on any atom is 0.408 e. The van der Waals surface area contributed by atoms with Crippen LogP contribution >= 0.6 is 0 Å². The molecule has 0 unspecified atom stereocenters. The van der Waals surface area contributed by atoms with Crippen LogP contribution in [-0.4, -0.2) is 29.2 Å². The van der Waals surface area contributed by atoms with E-state index in [4.69, 9.17) is 14.6 Å². The van der Waals surface area contributed by atoms with Gasteiger partial charge in [-0.2, -0.15) is 0 Å². The molecule has 0 saturated heterocycles. The van der Waals surface area contributed by atoms with E-state index in [1.165, 1.54) is 12.1 Å². The van der Waals surface area contributed by atoms with Gasteiger partial charge in [0.1, 0.15) is 18.4 Å². The van der Waals surface area contributed by atoms with Crippen LogP contribution in [0.1, 0.15) is 25.0 Å². The molecule has 0 heterocycles. The van der Waals surface area contributed by atoms with Crippen molar-refractivity contribution in [3.05, 3.63) is 65.7 Å². The molecule has 0 radical (unpaired) electrons. The summed E-state index contributed by atoms with van der Waals surface area (Å²) in [5.74, 6) is -1.52. The number of carbonyl (C=O) groups is 3. The maximum absolute atomic E-state index is 12.4. The zero-order chi connectivity index (χ0) is 20.5. The van der Waals surface area contributed by atoms with E-state index in [0.29, 0.717) is 5.56 Å². The van der Waals surface area contributed by atoms with Crippen molar-refractivity contribution in [2.45, 2.75) is 32.9 Å². The Morgan fingerprint density at radius 1 is 0.964 bits per heavy atom. The minimum absolute atomic E-state index is 0.0948. The Balaban J connectivity index is 1.91. The summed E-state index contributed by atoms with van der Waals surface area (Å²) >= 11 is 0. The molecule has 0 saturated carbocycles. The summed E-state index contributed by atoms with van der Waals surface area (Å²) in [7, 11) is 0. The van der Waals surface area contributed by atoms with Gasteiger partial charge in [-0.1, -0.05) is 56.3 Å². The molecule has 2 aromatic rings. The van der Waals surface area contributed by atoms with Gasteiger partial charge in [0.05, 0.1) is 6.42 Å². The van der Waals surface area contributed by atoms with E-state index >= 15 is 0 Å². The van der Waals surface area contributed by atoms with Crippen LogP contribution in [0.4, 0.5) is 4.79 Å². The van der Waals surface area contributed by atoms with Crippen molar-refractivity contribution in [3.8, 4) is 5.75 Å². The van der Waals surface area contributed by atoms with Crippen molar-refractivity contribution in [1.29, 1.82) is 0 Å². The second-order valence-corrected chi connectivity index (χ2v) is 6.56. The predicted octanol–water partition coefficient (Wildman–Crippen LogP) is 3.17. The van der Waals surface area contributed by atoms with Crippen molar-refractivity contribution in [2.24, 2.45) is 5.92 Å². The van der Waals surface area contributed by atoms with Crippen molar-refractivity contribution < 1.29 is 29.0 Å². The first-order valence-corrected chi connectivity index (χ1v) is 8.85. The van der Waals surface area contributed by atoms with Gasteiger partial charge in [-0.25, -0.2) is 9.59 Å². The number of hydrogen-bond donors (Lipinski definition) is 2. The first-order chi connectivity index (χ1) is 13.3. The number of rotatable bonds is 8. The van der Waals surface area contributed by atoms with E-state index < -0.39 is 24.1 Å². The van der Waals surface area contributed by atoms with Crippen molar-refractivity contribution >= 4 is 18.0 Å². The number of ether oxygens (including phenoxy) is 2. The third-order valence-electron chi connectivity index (χ3n) is 3.90. The minimum Gasteiger partial charge on any atom is -0.481 e. The average Bonchev–Trinajstić information content (AvgIpc) is 2.66. The number of aliphatic carboxylic acids is 1. The molecule has 2 N–H and O–H groups in total. The van der Waals surface area contributed by atoms with Crippen LogP contribution in [0.3, 0.4) is 0 Å². The molecular weight excluding hydrogens is 362 g/mol. The number of hydrogen-bond acceptors (Lipinski definition) is 5. The summed E-state index contributed by atoms with van der Waals surface area (Å²) < 4.78 is 10.5. The normalized spacial score (nSPS) is 11.5. The first-order valence-electron chi connectivity index (χ1n) is 8.85. The molecule has 0 bridgehead atoms. The highest BCUT2D eigenvalue weighted by Gasteiger charge is 2.27. The van der Waals surface area contributed by atoms with Gasteiger partial charge in [0.25, 0.3) is 0 Å². The number of benzene rings is 2. The number of nitrogens with one attached hydrogen (secondary N) is 1. The highest BCUT2D eigenvalue weighted by atomic mass is 16.6. The Morgan fingerprint density at radius 3 is 2.18 bits per heavy atom. The second-order valence-electron chi connectivity index (χ2n) is 6.56. The largest absolute Gasteiger partial charge is 0.481 e. The minimum atomic E-state index is -0.942. The molecule has 28 heavy (non-hydrogen) atoms. The summed E-state index contributed by atoms with van der Waals surface area (Å²) in [6.07, 6.45) is -0.825. The zero-order valence-electron chi connectivity index (χ0n) is 15.8. The summed E-state index contributed by atoms with van der Waals surface area (Å²) in [5.41, 5.74) is 1.43. The van der Waals surface area contributed by atoms with Crippen molar-refractivity contribution in [1.82, 2.24) is 5.32 Å². The van der Waals surface area contributed by atoms with Crippen LogP contribution in [0.2, 0.25) is 0 Å². The van der Waals surface area contributed by atoms with Crippen LogP contribution in [0.5, 0.6) is 5.75 Å². The Kier molecular flexibility index (Phi) is 7.56. The lowest BCUT2D eigenvalue weighted by Gasteiger charge is -2.20. The van der Waals surface area contributed by atoms with Gasteiger partial charge in [-0.05, 0) is 29.2 Å². The summed E-state index contributed by atoms with van der Waals surface area (Å²) in [6, 6.07) is 14.5. The third-order valence-corrected chi connectivity index (χ3v) is 3.90. The van der Waals surface area contributed by atoms with Gasteiger partial charge in [-0.3, -0.25) is 4.79 Å². The second kappa shape index (κ2) is 10.1. The quantitative estimate of drug-likeness (QED) is 0.535. The lowest BCUT2D eigenvalue weighted by molar-refractivity contribution is -0.138. The molecule has 0 fully saturated rings. The van der Waals surface area contributed by atoms with Crippen LogP contribution in [0, 0.1) is 5.92 Å². The number of carbonyl (C=O) groups excluding carboxylic acids is 2. The summed E-state index contributed by atoms with van der Waals surface area (Å²) in [5, 5.41) is 11.3. The monoisotopic (exact) mass is 385 g/mol.